The molecule has 0 bridgehead atoms. The van der Waals surface area contributed by atoms with Crippen molar-refractivity contribution in [2.24, 2.45) is 0 Å². The zero-order valence-electron chi connectivity index (χ0n) is 15.6. The van der Waals surface area contributed by atoms with Crippen molar-refractivity contribution < 1.29 is 14.3 Å². The summed E-state index contributed by atoms with van der Waals surface area (Å²) in [5.41, 5.74) is 1.91. The van der Waals surface area contributed by atoms with Gasteiger partial charge < -0.3 is 15.0 Å². The molecule has 0 aliphatic carbocycles. The molecule has 142 valence electrons. The van der Waals surface area contributed by atoms with E-state index in [1.165, 1.54) is 0 Å². The minimum Gasteiger partial charge on any atom is -0.497 e. The highest BCUT2D eigenvalue weighted by molar-refractivity contribution is 8.00. The van der Waals surface area contributed by atoms with Crippen LogP contribution in [-0.2, 0) is 16.1 Å². The zero-order chi connectivity index (χ0) is 19.2. The first kappa shape index (κ1) is 19.3. The van der Waals surface area contributed by atoms with E-state index in [9.17, 15) is 9.59 Å². The van der Waals surface area contributed by atoms with Gasteiger partial charge in [0.2, 0.25) is 11.8 Å². The highest BCUT2D eigenvalue weighted by atomic mass is 32.2. The summed E-state index contributed by atoms with van der Waals surface area (Å²) in [6.45, 7) is 3.21. The average Bonchev–Trinajstić information content (AvgIpc) is 2.69. The molecule has 0 aromatic heterocycles. The number of hydrogen-bond acceptors (Lipinski definition) is 4. The molecule has 1 heterocycles. The predicted octanol–water partition coefficient (Wildman–Crippen LogP) is 3.62. The van der Waals surface area contributed by atoms with Gasteiger partial charge in [-0.05, 0) is 29.8 Å². The number of carbonyl (C=O) groups excluding carboxylic acids is 2. The summed E-state index contributed by atoms with van der Waals surface area (Å²) in [6.07, 6.45) is 0.388. The normalized spacial score (nSPS) is 15.8. The van der Waals surface area contributed by atoms with Crippen molar-refractivity contribution in [3.05, 3.63) is 54.1 Å². The molecule has 2 amide bonds. The lowest BCUT2D eigenvalue weighted by molar-refractivity contribution is -0.125. The molecule has 1 aliphatic rings. The zero-order valence-corrected chi connectivity index (χ0v) is 16.4. The van der Waals surface area contributed by atoms with E-state index in [1.54, 1.807) is 18.9 Å². The van der Waals surface area contributed by atoms with Crippen molar-refractivity contribution in [3.8, 4) is 5.75 Å². The SMILES string of the molecule is COc1cccc(CNC(=O)CCC(=O)N2C[C@@H](C)Sc3ccccc32)c1. The largest absolute Gasteiger partial charge is 0.497 e. The van der Waals surface area contributed by atoms with Crippen LogP contribution in [0.3, 0.4) is 0 Å². The van der Waals surface area contributed by atoms with Crippen molar-refractivity contribution in [1.82, 2.24) is 5.32 Å². The monoisotopic (exact) mass is 384 g/mol. The Kier molecular flexibility index (Phi) is 6.40. The van der Waals surface area contributed by atoms with Crippen LogP contribution in [0, 0.1) is 0 Å². The second-order valence-electron chi connectivity index (χ2n) is 6.53. The van der Waals surface area contributed by atoms with Crippen LogP contribution in [0.5, 0.6) is 5.75 Å². The number of hydrogen-bond donors (Lipinski definition) is 1. The second kappa shape index (κ2) is 8.95. The fourth-order valence-corrected chi connectivity index (χ4v) is 4.17. The third-order valence-corrected chi connectivity index (χ3v) is 5.57. The van der Waals surface area contributed by atoms with Gasteiger partial charge in [-0.2, -0.15) is 0 Å². The van der Waals surface area contributed by atoms with E-state index in [4.69, 9.17) is 4.74 Å². The summed E-state index contributed by atoms with van der Waals surface area (Å²) in [5.74, 6) is 0.623. The molecule has 6 heteroatoms. The Balaban J connectivity index is 1.52. The molecular weight excluding hydrogens is 360 g/mol. The van der Waals surface area contributed by atoms with Crippen molar-refractivity contribution in [3.63, 3.8) is 0 Å². The molecule has 2 aromatic rings. The highest BCUT2D eigenvalue weighted by Crippen LogP contribution is 2.38. The van der Waals surface area contributed by atoms with Crippen LogP contribution in [0.25, 0.3) is 0 Å². The number of amides is 2. The summed E-state index contributed by atoms with van der Waals surface area (Å²) in [7, 11) is 1.61. The maximum absolute atomic E-state index is 12.7. The third kappa shape index (κ3) is 5.04. The van der Waals surface area contributed by atoms with E-state index in [0.717, 1.165) is 21.9 Å². The van der Waals surface area contributed by atoms with Gasteiger partial charge in [-0.3, -0.25) is 9.59 Å². The smallest absolute Gasteiger partial charge is 0.227 e. The number of anilines is 1. The first-order valence-electron chi connectivity index (χ1n) is 9.02. The Bertz CT molecular complexity index is 825. The van der Waals surface area contributed by atoms with Gasteiger partial charge in [0.1, 0.15) is 5.75 Å². The number of thioether (sulfide) groups is 1. The van der Waals surface area contributed by atoms with Crippen LogP contribution in [0.4, 0.5) is 5.69 Å². The molecule has 0 saturated heterocycles. The predicted molar refractivity (Wildman–Crippen MR) is 108 cm³/mol. The molecule has 0 spiro atoms. The van der Waals surface area contributed by atoms with Gasteiger partial charge in [0.25, 0.3) is 0 Å². The number of para-hydroxylation sites is 1. The lowest BCUT2D eigenvalue weighted by Gasteiger charge is -2.32. The topological polar surface area (TPSA) is 58.6 Å². The highest BCUT2D eigenvalue weighted by Gasteiger charge is 2.26. The lowest BCUT2D eigenvalue weighted by atomic mass is 10.2. The van der Waals surface area contributed by atoms with Gasteiger partial charge in [-0.1, -0.05) is 31.2 Å². The molecular formula is C21H24N2O3S. The van der Waals surface area contributed by atoms with Crippen LogP contribution in [0.1, 0.15) is 25.3 Å². The maximum Gasteiger partial charge on any atom is 0.227 e. The van der Waals surface area contributed by atoms with Crippen LogP contribution in [0.2, 0.25) is 0 Å². The van der Waals surface area contributed by atoms with Crippen molar-refractivity contribution in [2.45, 2.75) is 36.5 Å². The summed E-state index contributed by atoms with van der Waals surface area (Å²) < 4.78 is 5.18. The Morgan fingerprint density at radius 3 is 2.81 bits per heavy atom. The fourth-order valence-electron chi connectivity index (χ4n) is 3.05. The summed E-state index contributed by atoms with van der Waals surface area (Å²) in [5, 5.41) is 3.21. The molecule has 3 rings (SSSR count). The number of carbonyl (C=O) groups is 2. The Labute approximate surface area is 164 Å². The van der Waals surface area contributed by atoms with Crippen LogP contribution >= 0.6 is 11.8 Å². The molecule has 1 N–H and O–H groups in total. The summed E-state index contributed by atoms with van der Waals surface area (Å²) in [4.78, 5) is 27.8. The Hall–Kier alpha value is -2.47. The van der Waals surface area contributed by atoms with E-state index < -0.39 is 0 Å². The van der Waals surface area contributed by atoms with Gasteiger partial charge in [0, 0.05) is 36.1 Å². The second-order valence-corrected chi connectivity index (χ2v) is 8.01. The number of nitrogens with one attached hydrogen (secondary N) is 1. The maximum atomic E-state index is 12.7. The van der Waals surface area contributed by atoms with E-state index >= 15 is 0 Å². The number of methoxy groups -OCH3 is 1. The van der Waals surface area contributed by atoms with E-state index in [-0.39, 0.29) is 24.7 Å². The Morgan fingerprint density at radius 1 is 1.19 bits per heavy atom. The van der Waals surface area contributed by atoms with E-state index in [0.29, 0.717) is 18.3 Å². The molecule has 0 unspecified atom stereocenters. The summed E-state index contributed by atoms with van der Waals surface area (Å²) in [6, 6.07) is 15.5. The molecule has 0 fully saturated rings. The van der Waals surface area contributed by atoms with E-state index in [2.05, 4.69) is 12.2 Å². The quantitative estimate of drug-likeness (QED) is 0.826. The Morgan fingerprint density at radius 2 is 2.00 bits per heavy atom. The molecule has 0 radical (unpaired) electrons. The van der Waals surface area contributed by atoms with Gasteiger partial charge >= 0.3 is 0 Å². The first-order chi connectivity index (χ1) is 13.1. The van der Waals surface area contributed by atoms with Gasteiger partial charge in [-0.15, -0.1) is 11.8 Å². The summed E-state index contributed by atoms with van der Waals surface area (Å²) >= 11 is 1.78. The first-order valence-corrected chi connectivity index (χ1v) is 9.90. The number of nitrogens with zero attached hydrogens (tertiary/aromatic N) is 1. The van der Waals surface area contributed by atoms with Crippen LogP contribution in [0.15, 0.2) is 53.4 Å². The number of ether oxygens (including phenoxy) is 1. The number of benzene rings is 2. The minimum atomic E-state index is -0.126. The molecule has 0 saturated carbocycles. The average molecular weight is 385 g/mol. The van der Waals surface area contributed by atoms with Gasteiger partial charge in [0.05, 0.1) is 12.8 Å². The van der Waals surface area contributed by atoms with Gasteiger partial charge in [-0.25, -0.2) is 0 Å². The standard InChI is InChI=1S/C21H24N2O3S/c1-15-14-23(18-8-3-4-9-19(18)27-15)21(25)11-10-20(24)22-13-16-6-5-7-17(12-16)26-2/h3-9,12,15H,10-11,13-14H2,1-2H3,(H,22,24)/t15-/m1/s1. The number of fused-ring (bicyclic) bond motifs is 1. The third-order valence-electron chi connectivity index (χ3n) is 4.41. The number of rotatable bonds is 6. The fraction of sp³-hybridized carbons (Fsp3) is 0.333. The molecule has 1 aliphatic heterocycles. The molecule has 27 heavy (non-hydrogen) atoms. The minimum absolute atomic E-state index is 0.00821. The van der Waals surface area contributed by atoms with Gasteiger partial charge in [0.15, 0.2) is 0 Å². The van der Waals surface area contributed by atoms with Crippen molar-refractivity contribution in [1.29, 1.82) is 0 Å². The molecule has 5 nitrogen and oxygen atoms in total. The van der Waals surface area contributed by atoms with Crippen LogP contribution in [-0.4, -0.2) is 30.7 Å². The molecule has 2 aromatic carbocycles. The molecule has 1 atom stereocenters. The van der Waals surface area contributed by atoms with Crippen molar-refractivity contribution >= 4 is 29.3 Å². The van der Waals surface area contributed by atoms with E-state index in [1.807, 2.05) is 53.4 Å². The van der Waals surface area contributed by atoms with Crippen LogP contribution < -0.4 is 15.0 Å². The lowest BCUT2D eigenvalue weighted by Crippen LogP contribution is -2.39. The van der Waals surface area contributed by atoms with Crippen molar-refractivity contribution in [2.75, 3.05) is 18.6 Å².